The van der Waals surface area contributed by atoms with Crippen molar-refractivity contribution in [2.75, 3.05) is 38.6 Å². The molecule has 0 aliphatic carbocycles. The molecule has 1 saturated heterocycles. The Morgan fingerprint density at radius 3 is 2.89 bits per heavy atom. The number of anilines is 1. The Morgan fingerprint density at radius 1 is 1.50 bits per heavy atom. The van der Waals surface area contributed by atoms with E-state index in [9.17, 15) is 4.79 Å². The van der Waals surface area contributed by atoms with Gasteiger partial charge in [-0.15, -0.1) is 0 Å². The van der Waals surface area contributed by atoms with Crippen molar-refractivity contribution in [2.45, 2.75) is 6.42 Å². The summed E-state index contributed by atoms with van der Waals surface area (Å²) in [6, 6.07) is 7.76. The van der Waals surface area contributed by atoms with Crippen molar-refractivity contribution in [1.82, 2.24) is 4.90 Å². The predicted octanol–water partition coefficient (Wildman–Crippen LogP) is 1.17. The van der Waals surface area contributed by atoms with Gasteiger partial charge in [-0.2, -0.15) is 0 Å². The first-order chi connectivity index (χ1) is 8.61. The number of carbonyl (C=O) groups is 1. The molecule has 0 radical (unpaired) electrons. The Balaban J connectivity index is 2.12. The second-order valence-electron chi connectivity index (χ2n) is 5.09. The summed E-state index contributed by atoms with van der Waals surface area (Å²) in [5, 5.41) is 0. The number of carbonyl (C=O) groups excluding carboxylic acids is 1. The fourth-order valence-electron chi connectivity index (χ4n) is 2.31. The summed E-state index contributed by atoms with van der Waals surface area (Å²) in [6.45, 7) is 2.29. The van der Waals surface area contributed by atoms with Gasteiger partial charge in [-0.3, -0.25) is 4.79 Å². The largest absolute Gasteiger partial charge is 0.378 e. The molecule has 0 aromatic heterocycles. The van der Waals surface area contributed by atoms with Crippen molar-refractivity contribution in [3.05, 3.63) is 29.8 Å². The van der Waals surface area contributed by atoms with Crippen molar-refractivity contribution in [1.29, 1.82) is 0 Å². The Hall–Kier alpha value is -1.55. The van der Waals surface area contributed by atoms with Crippen LogP contribution in [-0.2, 0) is 0 Å². The van der Waals surface area contributed by atoms with E-state index in [1.807, 2.05) is 48.2 Å². The lowest BCUT2D eigenvalue weighted by Crippen LogP contribution is -2.30. The minimum atomic E-state index is 0.120. The molecule has 1 aliphatic heterocycles. The normalized spacial score (nSPS) is 19.1. The lowest BCUT2D eigenvalue weighted by atomic mass is 10.1. The van der Waals surface area contributed by atoms with Crippen LogP contribution in [0.25, 0.3) is 0 Å². The second-order valence-corrected chi connectivity index (χ2v) is 5.09. The van der Waals surface area contributed by atoms with Gasteiger partial charge in [0.1, 0.15) is 0 Å². The number of nitrogens with zero attached hydrogens (tertiary/aromatic N) is 2. The first kappa shape index (κ1) is 12.9. The van der Waals surface area contributed by atoms with Gasteiger partial charge in [-0.25, -0.2) is 0 Å². The Morgan fingerprint density at radius 2 is 2.28 bits per heavy atom. The van der Waals surface area contributed by atoms with E-state index in [4.69, 9.17) is 5.73 Å². The smallest absolute Gasteiger partial charge is 0.253 e. The standard InChI is InChI=1S/C14H21N3O/c1-16(2)13-5-3-4-12(8-13)14(18)17-7-6-11(9-15)10-17/h3-5,8,11H,6-7,9-10,15H2,1-2H3. The number of nitrogens with two attached hydrogens (primary N) is 1. The summed E-state index contributed by atoms with van der Waals surface area (Å²) in [5.41, 5.74) is 7.47. The molecular formula is C14H21N3O. The molecule has 4 heteroatoms. The first-order valence-electron chi connectivity index (χ1n) is 6.38. The highest BCUT2D eigenvalue weighted by Crippen LogP contribution is 2.20. The highest BCUT2D eigenvalue weighted by atomic mass is 16.2. The maximum atomic E-state index is 12.3. The SMILES string of the molecule is CN(C)c1cccc(C(=O)N2CCC(CN)C2)c1. The molecule has 1 aromatic rings. The van der Waals surface area contributed by atoms with Gasteiger partial charge in [-0.1, -0.05) is 6.07 Å². The average Bonchev–Trinajstić information content (AvgIpc) is 2.86. The predicted molar refractivity (Wildman–Crippen MR) is 73.8 cm³/mol. The van der Waals surface area contributed by atoms with Gasteiger partial charge in [-0.05, 0) is 37.1 Å². The van der Waals surface area contributed by atoms with Crippen LogP contribution in [0, 0.1) is 5.92 Å². The molecule has 1 atom stereocenters. The van der Waals surface area contributed by atoms with Gasteiger partial charge in [0.15, 0.2) is 0 Å². The fraction of sp³-hybridized carbons (Fsp3) is 0.500. The van der Waals surface area contributed by atoms with Crippen molar-refractivity contribution in [2.24, 2.45) is 11.7 Å². The van der Waals surface area contributed by atoms with Crippen LogP contribution in [0.1, 0.15) is 16.8 Å². The lowest BCUT2D eigenvalue weighted by Gasteiger charge is -2.18. The molecule has 0 bridgehead atoms. The molecule has 1 fully saturated rings. The Kier molecular flexibility index (Phi) is 3.87. The summed E-state index contributed by atoms with van der Waals surface area (Å²) in [4.78, 5) is 16.3. The third kappa shape index (κ3) is 2.64. The van der Waals surface area contributed by atoms with Crippen LogP contribution in [0.2, 0.25) is 0 Å². The lowest BCUT2D eigenvalue weighted by molar-refractivity contribution is 0.0787. The van der Waals surface area contributed by atoms with Gasteiger partial charge >= 0.3 is 0 Å². The molecule has 1 heterocycles. The monoisotopic (exact) mass is 247 g/mol. The van der Waals surface area contributed by atoms with Gasteiger partial charge in [0, 0.05) is 38.4 Å². The topological polar surface area (TPSA) is 49.6 Å². The van der Waals surface area contributed by atoms with Crippen molar-refractivity contribution in [3.63, 3.8) is 0 Å². The molecule has 4 nitrogen and oxygen atoms in total. The summed E-state index contributed by atoms with van der Waals surface area (Å²) in [5.74, 6) is 0.584. The van der Waals surface area contributed by atoms with Gasteiger partial charge < -0.3 is 15.5 Å². The van der Waals surface area contributed by atoms with E-state index in [1.54, 1.807) is 0 Å². The van der Waals surface area contributed by atoms with Crippen LogP contribution < -0.4 is 10.6 Å². The van der Waals surface area contributed by atoms with E-state index in [0.29, 0.717) is 12.5 Å². The number of amides is 1. The Labute approximate surface area is 108 Å². The summed E-state index contributed by atoms with van der Waals surface area (Å²) in [7, 11) is 3.95. The van der Waals surface area contributed by atoms with Crippen LogP contribution >= 0.6 is 0 Å². The van der Waals surface area contributed by atoms with Crippen LogP contribution in [0.5, 0.6) is 0 Å². The van der Waals surface area contributed by atoms with E-state index in [2.05, 4.69) is 0 Å². The molecule has 1 unspecified atom stereocenters. The molecular weight excluding hydrogens is 226 g/mol. The summed E-state index contributed by atoms with van der Waals surface area (Å²) in [6.07, 6.45) is 1.02. The van der Waals surface area contributed by atoms with Crippen LogP contribution in [0.15, 0.2) is 24.3 Å². The van der Waals surface area contributed by atoms with Crippen LogP contribution in [-0.4, -0.2) is 44.5 Å². The van der Waals surface area contributed by atoms with Gasteiger partial charge in [0.05, 0.1) is 0 Å². The molecule has 2 N–H and O–H groups in total. The molecule has 0 saturated carbocycles. The van der Waals surface area contributed by atoms with Crippen LogP contribution in [0.4, 0.5) is 5.69 Å². The number of hydrogen-bond acceptors (Lipinski definition) is 3. The molecule has 1 aliphatic rings. The second kappa shape index (κ2) is 5.40. The van der Waals surface area contributed by atoms with E-state index >= 15 is 0 Å². The molecule has 1 aromatic carbocycles. The zero-order valence-electron chi connectivity index (χ0n) is 11.1. The maximum Gasteiger partial charge on any atom is 0.253 e. The summed E-state index contributed by atoms with van der Waals surface area (Å²) < 4.78 is 0. The van der Waals surface area contributed by atoms with Crippen molar-refractivity contribution < 1.29 is 4.79 Å². The number of benzene rings is 1. The highest BCUT2D eigenvalue weighted by molar-refractivity contribution is 5.95. The van der Waals surface area contributed by atoms with E-state index in [0.717, 1.165) is 30.8 Å². The minimum absolute atomic E-state index is 0.120. The highest BCUT2D eigenvalue weighted by Gasteiger charge is 2.26. The fourth-order valence-corrected chi connectivity index (χ4v) is 2.31. The first-order valence-corrected chi connectivity index (χ1v) is 6.38. The third-order valence-corrected chi connectivity index (χ3v) is 3.52. The third-order valence-electron chi connectivity index (χ3n) is 3.52. The number of likely N-dealkylation sites (tertiary alicyclic amines) is 1. The van der Waals surface area contributed by atoms with Crippen molar-refractivity contribution in [3.8, 4) is 0 Å². The zero-order chi connectivity index (χ0) is 13.1. The minimum Gasteiger partial charge on any atom is -0.378 e. The average molecular weight is 247 g/mol. The number of hydrogen-bond donors (Lipinski definition) is 1. The van der Waals surface area contributed by atoms with Gasteiger partial charge in [0.25, 0.3) is 5.91 Å². The Bertz CT molecular complexity index is 431. The quantitative estimate of drug-likeness (QED) is 0.872. The van der Waals surface area contributed by atoms with Gasteiger partial charge in [0.2, 0.25) is 0 Å². The van der Waals surface area contributed by atoms with Crippen molar-refractivity contribution >= 4 is 11.6 Å². The van der Waals surface area contributed by atoms with Crippen LogP contribution in [0.3, 0.4) is 0 Å². The number of rotatable bonds is 3. The zero-order valence-corrected chi connectivity index (χ0v) is 11.1. The van der Waals surface area contributed by atoms with E-state index in [-0.39, 0.29) is 5.91 Å². The molecule has 98 valence electrons. The molecule has 18 heavy (non-hydrogen) atoms. The maximum absolute atomic E-state index is 12.3. The molecule has 1 amide bonds. The molecule has 2 rings (SSSR count). The molecule has 0 spiro atoms. The van der Waals surface area contributed by atoms with E-state index < -0.39 is 0 Å². The van der Waals surface area contributed by atoms with E-state index in [1.165, 1.54) is 0 Å². The summed E-state index contributed by atoms with van der Waals surface area (Å²) >= 11 is 0.